The maximum absolute atomic E-state index is 13.3. The third-order valence-electron chi connectivity index (χ3n) is 1.85. The Balaban J connectivity index is 3.25. The zero-order valence-electron chi connectivity index (χ0n) is 8.33. The quantitative estimate of drug-likeness (QED) is 0.435. The Labute approximate surface area is 85.9 Å². The standard InChI is InChI=1S/C9H11FN2O3/c1-14-7-3-5(9(13)12-11)6(10)4-8(7)15-2/h3-4H,11H2,1-2H3,(H,12,13). The lowest BCUT2D eigenvalue weighted by Crippen LogP contribution is -2.30. The van der Waals surface area contributed by atoms with Crippen molar-refractivity contribution >= 4 is 5.91 Å². The molecule has 3 N–H and O–H groups in total. The van der Waals surface area contributed by atoms with Crippen molar-refractivity contribution in [2.24, 2.45) is 5.84 Å². The maximum atomic E-state index is 13.3. The number of rotatable bonds is 3. The van der Waals surface area contributed by atoms with Gasteiger partial charge in [0.05, 0.1) is 19.8 Å². The van der Waals surface area contributed by atoms with Gasteiger partial charge in [-0.05, 0) is 6.07 Å². The number of carbonyl (C=O) groups excluding carboxylic acids is 1. The van der Waals surface area contributed by atoms with E-state index in [1.807, 2.05) is 5.43 Å². The number of halogens is 1. The zero-order valence-corrected chi connectivity index (χ0v) is 8.33. The van der Waals surface area contributed by atoms with Gasteiger partial charge in [0.2, 0.25) is 0 Å². The number of hydrogen-bond donors (Lipinski definition) is 2. The first-order valence-electron chi connectivity index (χ1n) is 4.06. The number of amides is 1. The van der Waals surface area contributed by atoms with Crippen LogP contribution in [0.2, 0.25) is 0 Å². The largest absolute Gasteiger partial charge is 0.493 e. The molecule has 1 rings (SSSR count). The highest BCUT2D eigenvalue weighted by Gasteiger charge is 2.15. The summed E-state index contributed by atoms with van der Waals surface area (Å²) in [4.78, 5) is 11.1. The van der Waals surface area contributed by atoms with Crippen molar-refractivity contribution in [1.29, 1.82) is 0 Å². The van der Waals surface area contributed by atoms with Crippen LogP contribution in [0.15, 0.2) is 12.1 Å². The van der Waals surface area contributed by atoms with Gasteiger partial charge in [0.1, 0.15) is 5.82 Å². The Bertz CT molecular complexity index is 382. The number of hydrogen-bond acceptors (Lipinski definition) is 4. The molecular weight excluding hydrogens is 203 g/mol. The second kappa shape index (κ2) is 4.61. The van der Waals surface area contributed by atoms with Gasteiger partial charge in [-0.3, -0.25) is 10.2 Å². The van der Waals surface area contributed by atoms with Crippen LogP contribution in [0.4, 0.5) is 4.39 Å². The molecule has 0 atom stereocenters. The van der Waals surface area contributed by atoms with E-state index in [2.05, 4.69) is 0 Å². The van der Waals surface area contributed by atoms with E-state index >= 15 is 0 Å². The topological polar surface area (TPSA) is 73.6 Å². The summed E-state index contributed by atoms with van der Waals surface area (Å²) in [5.41, 5.74) is 1.64. The fourth-order valence-corrected chi connectivity index (χ4v) is 1.11. The van der Waals surface area contributed by atoms with Crippen LogP contribution in [0.3, 0.4) is 0 Å². The Morgan fingerprint density at radius 1 is 1.33 bits per heavy atom. The number of nitrogens with two attached hydrogens (primary N) is 1. The average Bonchev–Trinajstić information content (AvgIpc) is 2.27. The molecule has 0 fully saturated rings. The molecule has 0 aromatic heterocycles. The summed E-state index contributed by atoms with van der Waals surface area (Å²) in [6.07, 6.45) is 0. The van der Waals surface area contributed by atoms with Crippen molar-refractivity contribution in [2.45, 2.75) is 0 Å². The molecule has 82 valence electrons. The van der Waals surface area contributed by atoms with E-state index in [0.717, 1.165) is 6.07 Å². The second-order valence-electron chi connectivity index (χ2n) is 2.66. The summed E-state index contributed by atoms with van der Waals surface area (Å²) in [5.74, 6) is 3.92. The molecule has 6 heteroatoms. The normalized spacial score (nSPS) is 9.60. The van der Waals surface area contributed by atoms with Crippen LogP contribution in [0.1, 0.15) is 10.4 Å². The lowest BCUT2D eigenvalue weighted by atomic mass is 10.2. The Kier molecular flexibility index (Phi) is 3.46. The number of nitrogen functional groups attached to an aromatic ring is 1. The Morgan fingerprint density at radius 3 is 2.33 bits per heavy atom. The number of ether oxygens (including phenoxy) is 2. The van der Waals surface area contributed by atoms with E-state index in [0.29, 0.717) is 0 Å². The molecule has 15 heavy (non-hydrogen) atoms. The lowest BCUT2D eigenvalue weighted by molar-refractivity contribution is 0.0949. The molecule has 1 amide bonds. The monoisotopic (exact) mass is 214 g/mol. The number of hydrazine groups is 1. The first kappa shape index (κ1) is 11.3. The highest BCUT2D eigenvalue weighted by molar-refractivity contribution is 5.94. The molecule has 0 spiro atoms. The molecule has 0 bridgehead atoms. The van der Waals surface area contributed by atoms with Crippen molar-refractivity contribution in [3.8, 4) is 11.5 Å². The second-order valence-corrected chi connectivity index (χ2v) is 2.66. The van der Waals surface area contributed by atoms with E-state index in [1.54, 1.807) is 0 Å². The number of nitrogens with one attached hydrogen (secondary N) is 1. The fraction of sp³-hybridized carbons (Fsp3) is 0.222. The maximum Gasteiger partial charge on any atom is 0.268 e. The van der Waals surface area contributed by atoms with Crippen LogP contribution in [0.25, 0.3) is 0 Å². The van der Waals surface area contributed by atoms with E-state index in [1.165, 1.54) is 20.3 Å². The van der Waals surface area contributed by atoms with Gasteiger partial charge >= 0.3 is 0 Å². The van der Waals surface area contributed by atoms with Crippen molar-refractivity contribution in [3.05, 3.63) is 23.5 Å². The van der Waals surface area contributed by atoms with E-state index in [-0.39, 0.29) is 17.1 Å². The minimum Gasteiger partial charge on any atom is -0.493 e. The zero-order chi connectivity index (χ0) is 11.4. The molecule has 0 aliphatic heterocycles. The van der Waals surface area contributed by atoms with E-state index in [9.17, 15) is 9.18 Å². The van der Waals surface area contributed by atoms with Crippen molar-refractivity contribution in [2.75, 3.05) is 14.2 Å². The highest BCUT2D eigenvalue weighted by atomic mass is 19.1. The summed E-state index contributed by atoms with van der Waals surface area (Å²) in [7, 11) is 2.76. The SMILES string of the molecule is COc1cc(F)c(C(=O)NN)cc1OC. The summed E-state index contributed by atoms with van der Waals surface area (Å²) >= 11 is 0. The predicted molar refractivity (Wildman–Crippen MR) is 51.2 cm³/mol. The van der Waals surface area contributed by atoms with Gasteiger partial charge in [0, 0.05) is 6.07 Å². The third-order valence-corrected chi connectivity index (χ3v) is 1.85. The first-order valence-corrected chi connectivity index (χ1v) is 4.06. The summed E-state index contributed by atoms with van der Waals surface area (Å²) in [5, 5.41) is 0. The molecule has 5 nitrogen and oxygen atoms in total. The molecule has 1 aromatic carbocycles. The van der Waals surface area contributed by atoms with Gasteiger partial charge in [0.15, 0.2) is 11.5 Å². The van der Waals surface area contributed by atoms with E-state index < -0.39 is 11.7 Å². The molecule has 0 heterocycles. The van der Waals surface area contributed by atoms with Crippen LogP contribution in [0.5, 0.6) is 11.5 Å². The van der Waals surface area contributed by atoms with Gasteiger partial charge in [-0.25, -0.2) is 10.2 Å². The summed E-state index contributed by atoms with van der Waals surface area (Å²) in [6, 6.07) is 2.28. The van der Waals surface area contributed by atoms with Crippen LogP contribution in [-0.4, -0.2) is 20.1 Å². The van der Waals surface area contributed by atoms with Crippen molar-refractivity contribution in [1.82, 2.24) is 5.43 Å². The molecule has 0 unspecified atom stereocenters. The van der Waals surface area contributed by atoms with Crippen LogP contribution in [0, 0.1) is 5.82 Å². The van der Waals surface area contributed by atoms with Crippen molar-refractivity contribution in [3.63, 3.8) is 0 Å². The molecule has 0 aliphatic rings. The van der Waals surface area contributed by atoms with Gasteiger partial charge in [0.25, 0.3) is 5.91 Å². The van der Waals surface area contributed by atoms with Gasteiger partial charge in [-0.1, -0.05) is 0 Å². The minimum absolute atomic E-state index is 0.199. The Hall–Kier alpha value is -1.82. The smallest absolute Gasteiger partial charge is 0.268 e. The molecule has 0 radical (unpaired) electrons. The number of methoxy groups -OCH3 is 2. The number of benzene rings is 1. The van der Waals surface area contributed by atoms with Crippen molar-refractivity contribution < 1.29 is 18.7 Å². The van der Waals surface area contributed by atoms with Crippen LogP contribution < -0.4 is 20.7 Å². The average molecular weight is 214 g/mol. The molecule has 0 aliphatic carbocycles. The van der Waals surface area contributed by atoms with Gasteiger partial charge < -0.3 is 9.47 Å². The van der Waals surface area contributed by atoms with E-state index in [4.69, 9.17) is 15.3 Å². The Morgan fingerprint density at radius 2 is 1.87 bits per heavy atom. The minimum atomic E-state index is -0.728. The molecule has 1 aromatic rings. The molecule has 0 saturated heterocycles. The van der Waals surface area contributed by atoms with Gasteiger partial charge in [-0.15, -0.1) is 0 Å². The number of carbonyl (C=O) groups is 1. The summed E-state index contributed by atoms with van der Waals surface area (Å²) in [6.45, 7) is 0. The molecular formula is C9H11FN2O3. The fourth-order valence-electron chi connectivity index (χ4n) is 1.11. The highest BCUT2D eigenvalue weighted by Crippen LogP contribution is 2.29. The van der Waals surface area contributed by atoms with Crippen LogP contribution >= 0.6 is 0 Å². The predicted octanol–water partition coefficient (Wildman–Crippen LogP) is 0.446. The van der Waals surface area contributed by atoms with Gasteiger partial charge in [-0.2, -0.15) is 0 Å². The van der Waals surface area contributed by atoms with Crippen LogP contribution in [-0.2, 0) is 0 Å². The molecule has 0 saturated carbocycles. The lowest BCUT2D eigenvalue weighted by Gasteiger charge is -2.09. The first-order chi connectivity index (χ1) is 7.13. The summed E-state index contributed by atoms with van der Waals surface area (Å²) < 4.78 is 23.1. The third kappa shape index (κ3) is 2.16.